The quantitative estimate of drug-likeness (QED) is 0.770. The second-order valence-electron chi connectivity index (χ2n) is 4.07. The number of amides is 3. The molecule has 0 bridgehead atoms. The number of imide groups is 1. The predicted molar refractivity (Wildman–Crippen MR) is 66.3 cm³/mol. The Labute approximate surface area is 105 Å². The van der Waals surface area contributed by atoms with Gasteiger partial charge in [0.05, 0.1) is 0 Å². The van der Waals surface area contributed by atoms with E-state index < -0.39 is 0 Å². The highest BCUT2D eigenvalue weighted by Gasteiger charge is 2.30. The monoisotopic (exact) mass is 252 g/mol. The fraction of sp³-hybridized carbons (Fsp3) is 0.333. The Morgan fingerprint density at radius 1 is 1.29 bits per heavy atom. The van der Waals surface area contributed by atoms with E-state index in [1.807, 2.05) is 6.92 Å². The molecule has 0 unspecified atom stereocenters. The lowest BCUT2D eigenvalue weighted by molar-refractivity contribution is -0.127. The average Bonchev–Trinajstić information content (AvgIpc) is 2.28. The summed E-state index contributed by atoms with van der Waals surface area (Å²) in [6, 6.07) is 5.07. The van der Waals surface area contributed by atoms with Gasteiger partial charge in [-0.05, 0) is 30.7 Å². The van der Waals surface area contributed by atoms with E-state index in [4.69, 9.17) is 11.6 Å². The number of hydrogen-bond acceptors (Lipinski definition) is 2. The first-order valence-corrected chi connectivity index (χ1v) is 5.72. The molecule has 0 aromatic heterocycles. The van der Waals surface area contributed by atoms with Crippen molar-refractivity contribution in [1.82, 2.24) is 4.90 Å². The minimum atomic E-state index is -0.285. The zero-order chi connectivity index (χ0) is 12.6. The fourth-order valence-electron chi connectivity index (χ4n) is 1.90. The van der Waals surface area contributed by atoms with Crippen LogP contribution in [0.5, 0.6) is 0 Å². The molecule has 1 heterocycles. The highest BCUT2D eigenvalue weighted by atomic mass is 35.5. The highest BCUT2D eigenvalue weighted by molar-refractivity contribution is 6.30. The van der Waals surface area contributed by atoms with Crippen molar-refractivity contribution >= 4 is 29.2 Å². The molecule has 0 spiro atoms. The lowest BCUT2D eigenvalue weighted by atomic mass is 10.1. The number of carbonyl (C=O) groups is 2. The summed E-state index contributed by atoms with van der Waals surface area (Å²) >= 11 is 5.88. The molecule has 1 saturated heterocycles. The molecule has 17 heavy (non-hydrogen) atoms. The smallest absolute Gasteiger partial charge is 0.293 e. The number of rotatable bonds is 1. The standard InChI is InChI=1S/C12H13ClN2O2/c1-8-7-9(13)3-4-10(8)15-6-5-11(16)14(2)12(15)17/h3-4,7H,5-6H2,1-2H3. The van der Waals surface area contributed by atoms with Crippen molar-refractivity contribution in [3.8, 4) is 0 Å². The van der Waals surface area contributed by atoms with Gasteiger partial charge in [-0.1, -0.05) is 11.6 Å². The minimum Gasteiger partial charge on any atom is -0.293 e. The van der Waals surface area contributed by atoms with Gasteiger partial charge in [-0.25, -0.2) is 4.79 Å². The van der Waals surface area contributed by atoms with E-state index in [9.17, 15) is 9.59 Å². The number of halogens is 1. The first kappa shape index (κ1) is 11.9. The third-order valence-electron chi connectivity index (χ3n) is 2.89. The number of anilines is 1. The number of aryl methyl sites for hydroxylation is 1. The maximum absolute atomic E-state index is 12.0. The largest absolute Gasteiger partial charge is 0.330 e. The topological polar surface area (TPSA) is 40.6 Å². The summed E-state index contributed by atoms with van der Waals surface area (Å²) in [7, 11) is 1.50. The maximum atomic E-state index is 12.0. The van der Waals surface area contributed by atoms with E-state index >= 15 is 0 Å². The Hall–Kier alpha value is -1.55. The summed E-state index contributed by atoms with van der Waals surface area (Å²) < 4.78 is 0. The van der Waals surface area contributed by atoms with Crippen molar-refractivity contribution in [2.75, 3.05) is 18.5 Å². The molecular formula is C12H13ClN2O2. The maximum Gasteiger partial charge on any atom is 0.330 e. The van der Waals surface area contributed by atoms with Crippen molar-refractivity contribution < 1.29 is 9.59 Å². The van der Waals surface area contributed by atoms with Crippen molar-refractivity contribution in [3.63, 3.8) is 0 Å². The first-order chi connectivity index (χ1) is 8.00. The number of urea groups is 1. The van der Waals surface area contributed by atoms with E-state index in [1.165, 1.54) is 7.05 Å². The summed E-state index contributed by atoms with van der Waals surface area (Å²) in [4.78, 5) is 26.1. The van der Waals surface area contributed by atoms with E-state index in [0.29, 0.717) is 18.0 Å². The van der Waals surface area contributed by atoms with Crippen LogP contribution in [0.15, 0.2) is 18.2 Å². The Balaban J connectivity index is 2.34. The molecule has 1 aliphatic rings. The number of benzene rings is 1. The second-order valence-corrected chi connectivity index (χ2v) is 4.50. The van der Waals surface area contributed by atoms with E-state index in [1.54, 1.807) is 23.1 Å². The fourth-order valence-corrected chi connectivity index (χ4v) is 2.13. The molecular weight excluding hydrogens is 240 g/mol. The van der Waals surface area contributed by atoms with Crippen molar-refractivity contribution in [2.24, 2.45) is 0 Å². The van der Waals surface area contributed by atoms with Gasteiger partial charge >= 0.3 is 6.03 Å². The Kier molecular flexibility index (Phi) is 3.07. The Morgan fingerprint density at radius 3 is 2.65 bits per heavy atom. The van der Waals surface area contributed by atoms with Crippen LogP contribution in [-0.2, 0) is 4.79 Å². The molecule has 4 nitrogen and oxygen atoms in total. The number of nitrogens with zero attached hydrogens (tertiary/aromatic N) is 2. The van der Waals surface area contributed by atoms with Crippen LogP contribution < -0.4 is 4.90 Å². The molecule has 2 rings (SSSR count). The van der Waals surface area contributed by atoms with Crippen LogP contribution in [0.1, 0.15) is 12.0 Å². The van der Waals surface area contributed by atoms with Gasteiger partial charge in [0.1, 0.15) is 0 Å². The lowest BCUT2D eigenvalue weighted by Gasteiger charge is -2.32. The van der Waals surface area contributed by atoms with Crippen molar-refractivity contribution in [1.29, 1.82) is 0 Å². The van der Waals surface area contributed by atoms with Gasteiger partial charge < -0.3 is 0 Å². The van der Waals surface area contributed by atoms with Crippen LogP contribution in [0.3, 0.4) is 0 Å². The molecule has 3 amide bonds. The molecule has 0 saturated carbocycles. The summed E-state index contributed by atoms with van der Waals surface area (Å²) in [5.41, 5.74) is 1.73. The summed E-state index contributed by atoms with van der Waals surface area (Å²) in [6.45, 7) is 2.31. The zero-order valence-electron chi connectivity index (χ0n) is 9.74. The second kappa shape index (κ2) is 4.37. The number of carbonyl (C=O) groups excluding carboxylic acids is 2. The summed E-state index contributed by atoms with van der Waals surface area (Å²) in [5.74, 6) is -0.141. The normalized spacial score (nSPS) is 16.6. The van der Waals surface area contributed by atoms with Gasteiger partial charge in [0.25, 0.3) is 0 Å². The van der Waals surface area contributed by atoms with Crippen LogP contribution in [-0.4, -0.2) is 30.4 Å². The van der Waals surface area contributed by atoms with E-state index in [2.05, 4.69) is 0 Å². The van der Waals surface area contributed by atoms with Gasteiger partial charge in [-0.15, -0.1) is 0 Å². The van der Waals surface area contributed by atoms with Gasteiger partial charge in [-0.2, -0.15) is 0 Å². The molecule has 0 N–H and O–H groups in total. The van der Waals surface area contributed by atoms with E-state index in [-0.39, 0.29) is 11.9 Å². The first-order valence-electron chi connectivity index (χ1n) is 5.35. The zero-order valence-corrected chi connectivity index (χ0v) is 10.5. The summed E-state index contributed by atoms with van der Waals surface area (Å²) in [5, 5.41) is 0.639. The molecule has 5 heteroatoms. The molecule has 0 radical (unpaired) electrons. The van der Waals surface area contributed by atoms with Gasteiger partial charge in [0.15, 0.2) is 0 Å². The van der Waals surface area contributed by atoms with Crippen molar-refractivity contribution in [3.05, 3.63) is 28.8 Å². The van der Waals surface area contributed by atoms with E-state index in [0.717, 1.165) is 16.2 Å². The molecule has 90 valence electrons. The molecule has 0 aliphatic carbocycles. The van der Waals surface area contributed by atoms with Gasteiger partial charge in [0, 0.05) is 30.7 Å². The van der Waals surface area contributed by atoms with Crippen molar-refractivity contribution in [2.45, 2.75) is 13.3 Å². The molecule has 1 aromatic carbocycles. The predicted octanol–water partition coefficient (Wildman–Crippen LogP) is 2.44. The molecule has 1 fully saturated rings. The van der Waals surface area contributed by atoms with Gasteiger partial charge in [0.2, 0.25) is 5.91 Å². The molecule has 0 atom stereocenters. The van der Waals surface area contributed by atoms with Crippen LogP contribution in [0, 0.1) is 6.92 Å². The van der Waals surface area contributed by atoms with Crippen LogP contribution >= 0.6 is 11.6 Å². The van der Waals surface area contributed by atoms with Crippen LogP contribution in [0.4, 0.5) is 10.5 Å². The molecule has 1 aliphatic heterocycles. The van der Waals surface area contributed by atoms with Crippen LogP contribution in [0.2, 0.25) is 5.02 Å². The van der Waals surface area contributed by atoms with Gasteiger partial charge in [-0.3, -0.25) is 14.6 Å². The molecule has 1 aromatic rings. The average molecular weight is 253 g/mol. The summed E-state index contributed by atoms with van der Waals surface area (Å²) in [6.07, 6.45) is 0.351. The van der Waals surface area contributed by atoms with Crippen LogP contribution in [0.25, 0.3) is 0 Å². The third kappa shape index (κ3) is 2.13. The number of hydrogen-bond donors (Lipinski definition) is 0. The Bertz CT molecular complexity index is 487. The minimum absolute atomic E-state index is 0.141. The Morgan fingerprint density at radius 2 is 2.00 bits per heavy atom. The third-order valence-corrected chi connectivity index (χ3v) is 3.13. The highest BCUT2D eigenvalue weighted by Crippen LogP contribution is 2.26. The lowest BCUT2D eigenvalue weighted by Crippen LogP contribution is -2.50. The SMILES string of the molecule is Cc1cc(Cl)ccc1N1CCC(=O)N(C)C1=O.